The van der Waals surface area contributed by atoms with Gasteiger partial charge in [-0.2, -0.15) is 5.10 Å². The Morgan fingerprint density at radius 3 is 2.34 bits per heavy atom. The van der Waals surface area contributed by atoms with Gasteiger partial charge < -0.3 is 18.9 Å². The Morgan fingerprint density at radius 2 is 1.79 bits per heavy atom. The topological polar surface area (TPSA) is 65.8 Å². The Morgan fingerprint density at radius 1 is 1.21 bits per heavy atom. The molecule has 8 heteroatoms. The second kappa shape index (κ2) is 6.48. The zero-order valence-corrected chi connectivity index (χ0v) is 18.8. The first-order valence-corrected chi connectivity index (χ1v) is 10.6. The van der Waals surface area contributed by atoms with Crippen LogP contribution in [0.4, 0.5) is 4.79 Å². The smallest absolute Gasteiger partial charge is 0.444 e. The van der Waals surface area contributed by atoms with E-state index in [4.69, 9.17) is 14.0 Å². The van der Waals surface area contributed by atoms with Crippen LogP contribution < -0.4 is 5.46 Å². The molecule has 1 aliphatic carbocycles. The number of amides is 1. The Labute approximate surface area is 174 Å². The van der Waals surface area contributed by atoms with Gasteiger partial charge in [0.1, 0.15) is 5.60 Å². The Kier molecular flexibility index (Phi) is 4.63. The molecule has 1 aromatic rings. The monoisotopic (exact) mass is 403 g/mol. The van der Waals surface area contributed by atoms with E-state index in [9.17, 15) is 4.79 Å². The molecule has 3 heterocycles. The first-order chi connectivity index (χ1) is 13.3. The predicted octanol–water partition coefficient (Wildman–Crippen LogP) is 2.83. The van der Waals surface area contributed by atoms with E-state index in [0.29, 0.717) is 11.3 Å². The summed E-state index contributed by atoms with van der Waals surface area (Å²) in [4.78, 5) is 14.0. The number of likely N-dealkylation sites (tertiary alicyclic amines) is 1. The average molecular weight is 403 g/mol. The highest BCUT2D eigenvalue weighted by molar-refractivity contribution is 6.61. The fraction of sp³-hybridized carbons (Fsp3) is 0.810. The maximum atomic E-state index is 12.1. The molecule has 1 amide bonds. The van der Waals surface area contributed by atoms with Crippen LogP contribution in [0.15, 0.2) is 12.4 Å². The van der Waals surface area contributed by atoms with E-state index in [1.807, 2.05) is 42.7 Å². The fourth-order valence-electron chi connectivity index (χ4n) is 4.62. The summed E-state index contributed by atoms with van der Waals surface area (Å²) in [5, 5.41) is 4.53. The van der Waals surface area contributed by atoms with Gasteiger partial charge in [0.05, 0.1) is 11.2 Å². The number of ether oxygens (including phenoxy) is 1. The Balaban J connectivity index is 1.25. The van der Waals surface area contributed by atoms with Crippen LogP contribution in [0.3, 0.4) is 0 Å². The lowest BCUT2D eigenvalue weighted by Crippen LogP contribution is -2.64. The molecule has 0 atom stereocenters. The fourth-order valence-corrected chi connectivity index (χ4v) is 4.62. The first-order valence-electron chi connectivity index (χ1n) is 10.6. The molecule has 2 aliphatic heterocycles. The molecule has 7 nitrogen and oxygen atoms in total. The van der Waals surface area contributed by atoms with Gasteiger partial charge in [-0.05, 0) is 67.2 Å². The standard InChI is InChI=1S/C21H34BN3O4/c1-18(2,3)27-17(26)24-13-21(14-24)8-15(9-21)11-25-12-16(10-23-25)22-28-19(4,5)20(6,7)29-22/h10,12,15H,8-9,11,13-14H2,1-7H3. The Bertz CT molecular complexity index is 768. The highest BCUT2D eigenvalue weighted by Crippen LogP contribution is 2.52. The average Bonchev–Trinajstić information content (AvgIpc) is 3.01. The van der Waals surface area contributed by atoms with Gasteiger partial charge in [0.2, 0.25) is 0 Å². The quantitative estimate of drug-likeness (QED) is 0.727. The zero-order valence-electron chi connectivity index (χ0n) is 18.8. The van der Waals surface area contributed by atoms with E-state index in [2.05, 4.69) is 32.8 Å². The molecule has 0 unspecified atom stereocenters. The normalized spacial score (nSPS) is 25.1. The van der Waals surface area contributed by atoms with Crippen LogP contribution in [0.25, 0.3) is 0 Å². The molecule has 4 rings (SSSR count). The minimum Gasteiger partial charge on any atom is -0.444 e. The summed E-state index contributed by atoms with van der Waals surface area (Å²) in [6, 6.07) is 0. The van der Waals surface area contributed by atoms with Crippen molar-refractivity contribution in [2.75, 3.05) is 13.1 Å². The van der Waals surface area contributed by atoms with Crippen molar-refractivity contribution in [2.24, 2.45) is 11.3 Å². The van der Waals surface area contributed by atoms with Crippen molar-refractivity contribution in [3.05, 3.63) is 12.4 Å². The molecular formula is C21H34BN3O4. The molecule has 29 heavy (non-hydrogen) atoms. The van der Waals surface area contributed by atoms with Crippen LogP contribution in [-0.4, -0.2) is 57.8 Å². The van der Waals surface area contributed by atoms with Gasteiger partial charge in [0.15, 0.2) is 0 Å². The number of rotatable bonds is 3. The van der Waals surface area contributed by atoms with Crippen molar-refractivity contribution < 1.29 is 18.8 Å². The second-order valence-corrected chi connectivity index (χ2v) is 11.2. The lowest BCUT2D eigenvalue weighted by Gasteiger charge is -2.58. The van der Waals surface area contributed by atoms with E-state index in [0.717, 1.165) is 37.9 Å². The van der Waals surface area contributed by atoms with Crippen molar-refractivity contribution in [3.63, 3.8) is 0 Å². The number of carbonyl (C=O) groups is 1. The zero-order chi connectivity index (χ0) is 21.2. The molecule has 2 saturated heterocycles. The summed E-state index contributed by atoms with van der Waals surface area (Å²) in [7, 11) is -0.365. The SMILES string of the molecule is CC(C)(C)OC(=O)N1CC2(CC(Cn3cc(B4OC(C)(C)C(C)(C)O4)cn3)C2)C1. The van der Waals surface area contributed by atoms with E-state index >= 15 is 0 Å². The maximum absolute atomic E-state index is 12.1. The van der Waals surface area contributed by atoms with Gasteiger partial charge in [-0.15, -0.1) is 0 Å². The molecule has 0 N–H and O–H groups in total. The molecule has 3 fully saturated rings. The molecular weight excluding hydrogens is 369 g/mol. The van der Waals surface area contributed by atoms with Gasteiger partial charge >= 0.3 is 13.2 Å². The van der Waals surface area contributed by atoms with E-state index < -0.39 is 5.60 Å². The van der Waals surface area contributed by atoms with E-state index in [1.165, 1.54) is 0 Å². The summed E-state index contributed by atoms with van der Waals surface area (Å²) in [6.07, 6.45) is 5.98. The summed E-state index contributed by atoms with van der Waals surface area (Å²) in [5.41, 5.74) is 0.145. The van der Waals surface area contributed by atoms with Crippen LogP contribution in [0.2, 0.25) is 0 Å². The third kappa shape index (κ3) is 3.93. The summed E-state index contributed by atoms with van der Waals surface area (Å²) in [5.74, 6) is 0.599. The van der Waals surface area contributed by atoms with Gasteiger partial charge in [0.25, 0.3) is 0 Å². The number of hydrogen-bond acceptors (Lipinski definition) is 5. The van der Waals surface area contributed by atoms with Crippen molar-refractivity contribution in [3.8, 4) is 0 Å². The number of nitrogens with zero attached hydrogens (tertiary/aromatic N) is 3. The lowest BCUT2D eigenvalue weighted by molar-refractivity contribution is -0.0987. The number of aromatic nitrogens is 2. The molecule has 0 radical (unpaired) electrons. The third-order valence-electron chi connectivity index (χ3n) is 6.77. The molecule has 3 aliphatic rings. The molecule has 160 valence electrons. The van der Waals surface area contributed by atoms with Crippen molar-refractivity contribution in [1.82, 2.24) is 14.7 Å². The lowest BCUT2D eigenvalue weighted by atomic mass is 9.58. The summed E-state index contributed by atoms with van der Waals surface area (Å²) in [6.45, 7) is 16.5. The second-order valence-electron chi connectivity index (χ2n) is 11.2. The van der Waals surface area contributed by atoms with Gasteiger partial charge in [-0.25, -0.2) is 4.79 Å². The van der Waals surface area contributed by atoms with Crippen molar-refractivity contribution >= 4 is 18.7 Å². The van der Waals surface area contributed by atoms with Gasteiger partial charge in [-0.1, -0.05) is 0 Å². The first kappa shape index (κ1) is 20.7. The van der Waals surface area contributed by atoms with Gasteiger partial charge in [-0.3, -0.25) is 4.68 Å². The minimum absolute atomic E-state index is 0.189. The van der Waals surface area contributed by atoms with Crippen LogP contribution in [0.5, 0.6) is 0 Å². The Hall–Kier alpha value is -1.54. The predicted molar refractivity (Wildman–Crippen MR) is 111 cm³/mol. The number of carbonyl (C=O) groups excluding carboxylic acids is 1. The van der Waals surface area contributed by atoms with Crippen LogP contribution >= 0.6 is 0 Å². The van der Waals surface area contributed by atoms with E-state index in [1.54, 1.807) is 0 Å². The van der Waals surface area contributed by atoms with Crippen molar-refractivity contribution in [1.29, 1.82) is 0 Å². The minimum atomic E-state index is -0.434. The molecule has 0 bridgehead atoms. The summed E-state index contributed by atoms with van der Waals surface area (Å²) >= 11 is 0. The highest BCUT2D eigenvalue weighted by atomic mass is 16.7. The molecule has 1 aromatic heterocycles. The highest BCUT2D eigenvalue weighted by Gasteiger charge is 2.55. The summed E-state index contributed by atoms with van der Waals surface area (Å²) < 4.78 is 19.7. The molecule has 1 saturated carbocycles. The number of hydrogen-bond donors (Lipinski definition) is 0. The van der Waals surface area contributed by atoms with E-state index in [-0.39, 0.29) is 24.4 Å². The van der Waals surface area contributed by atoms with Crippen LogP contribution in [-0.2, 0) is 20.6 Å². The molecule has 1 spiro atoms. The third-order valence-corrected chi connectivity index (χ3v) is 6.77. The van der Waals surface area contributed by atoms with Crippen molar-refractivity contribution in [2.45, 2.75) is 84.7 Å². The van der Waals surface area contributed by atoms with Gasteiger partial charge in [0, 0.05) is 42.9 Å². The molecule has 0 aromatic carbocycles. The van der Waals surface area contributed by atoms with Crippen LogP contribution in [0, 0.1) is 11.3 Å². The van der Waals surface area contributed by atoms with Crippen LogP contribution in [0.1, 0.15) is 61.3 Å². The maximum Gasteiger partial charge on any atom is 0.498 e. The largest absolute Gasteiger partial charge is 0.498 e.